The van der Waals surface area contributed by atoms with Crippen molar-refractivity contribution in [2.45, 2.75) is 65.3 Å². The van der Waals surface area contributed by atoms with Crippen LogP contribution in [0.3, 0.4) is 0 Å². The number of fused-ring (bicyclic) bond motifs is 1. The minimum atomic E-state index is -0.188. The van der Waals surface area contributed by atoms with E-state index in [2.05, 4.69) is 59.7 Å². The van der Waals surface area contributed by atoms with Gasteiger partial charge in [-0.15, -0.1) is 0 Å². The highest BCUT2D eigenvalue weighted by Crippen LogP contribution is 2.52. The zero-order valence-electron chi connectivity index (χ0n) is 15.5. The number of nitrogens with zero attached hydrogens (tertiary/aromatic N) is 1. The first-order valence-electron chi connectivity index (χ1n) is 8.69. The molecule has 1 heterocycles. The normalized spacial score (nSPS) is 24.0. The Morgan fingerprint density at radius 2 is 1.50 bits per heavy atom. The van der Waals surface area contributed by atoms with Gasteiger partial charge in [-0.05, 0) is 39.9 Å². The lowest BCUT2D eigenvalue weighted by Crippen LogP contribution is -2.33. The molecule has 0 aromatic heterocycles. The van der Waals surface area contributed by atoms with E-state index in [9.17, 15) is 9.59 Å². The first-order chi connectivity index (χ1) is 11.0. The van der Waals surface area contributed by atoms with Gasteiger partial charge in [-0.1, -0.05) is 59.7 Å². The Kier molecular flexibility index (Phi) is 3.74. The minimum Gasteiger partial charge on any atom is -0.269 e. The van der Waals surface area contributed by atoms with Crippen LogP contribution in [-0.2, 0) is 15.0 Å². The number of benzene rings is 1. The maximum Gasteiger partial charge on any atom is 0.254 e. The van der Waals surface area contributed by atoms with Crippen LogP contribution in [0.4, 0.5) is 0 Å². The van der Waals surface area contributed by atoms with E-state index < -0.39 is 0 Å². The van der Waals surface area contributed by atoms with Crippen LogP contribution in [0.5, 0.6) is 0 Å². The van der Waals surface area contributed by atoms with E-state index in [-0.39, 0.29) is 28.7 Å². The second-order valence-corrected chi connectivity index (χ2v) is 9.14. The van der Waals surface area contributed by atoms with Gasteiger partial charge in [-0.2, -0.15) is 0 Å². The minimum absolute atomic E-state index is 0.0384. The lowest BCUT2D eigenvalue weighted by atomic mass is 9.76. The topological polar surface area (TPSA) is 37.4 Å². The molecule has 128 valence electrons. The van der Waals surface area contributed by atoms with E-state index in [0.29, 0.717) is 5.92 Å². The number of amides is 2. The Morgan fingerprint density at radius 1 is 0.917 bits per heavy atom. The molecule has 1 aliphatic carbocycles. The molecule has 0 N–H and O–H groups in total. The van der Waals surface area contributed by atoms with Crippen molar-refractivity contribution in [1.82, 2.24) is 4.90 Å². The van der Waals surface area contributed by atoms with Gasteiger partial charge < -0.3 is 0 Å². The number of rotatable bonds is 1. The highest BCUT2D eigenvalue weighted by Gasteiger charge is 2.44. The van der Waals surface area contributed by atoms with Crippen molar-refractivity contribution >= 4 is 11.8 Å². The van der Waals surface area contributed by atoms with E-state index >= 15 is 0 Å². The van der Waals surface area contributed by atoms with Gasteiger partial charge in [-0.25, -0.2) is 0 Å². The van der Waals surface area contributed by atoms with E-state index in [1.165, 1.54) is 28.2 Å². The van der Waals surface area contributed by atoms with Gasteiger partial charge in [0.25, 0.3) is 11.8 Å². The Morgan fingerprint density at radius 3 is 2.00 bits per heavy atom. The van der Waals surface area contributed by atoms with Crippen molar-refractivity contribution in [1.29, 1.82) is 0 Å². The largest absolute Gasteiger partial charge is 0.269 e. The van der Waals surface area contributed by atoms with E-state index in [1.54, 1.807) is 0 Å². The van der Waals surface area contributed by atoms with Crippen molar-refractivity contribution in [2.75, 3.05) is 0 Å². The fourth-order valence-corrected chi connectivity index (χ4v) is 3.91. The maximum absolute atomic E-state index is 12.2. The van der Waals surface area contributed by atoms with Crippen molar-refractivity contribution in [3.05, 3.63) is 47.0 Å². The molecule has 0 spiro atoms. The second-order valence-electron chi connectivity index (χ2n) is 9.14. The molecule has 1 aromatic rings. The summed E-state index contributed by atoms with van der Waals surface area (Å²) in [6.45, 7) is 13.3. The molecule has 3 rings (SSSR count). The lowest BCUT2D eigenvalue weighted by Gasteiger charge is -2.29. The lowest BCUT2D eigenvalue weighted by molar-refractivity contribution is -0.139. The summed E-state index contributed by atoms with van der Waals surface area (Å²) in [4.78, 5) is 25.9. The highest BCUT2D eigenvalue weighted by molar-refractivity contribution is 6.13. The van der Waals surface area contributed by atoms with Gasteiger partial charge in [0.05, 0.1) is 6.04 Å². The first-order valence-corrected chi connectivity index (χ1v) is 8.69. The predicted octanol–water partition coefficient (Wildman–Crippen LogP) is 4.48. The molecule has 1 aromatic carbocycles. The molecule has 3 heteroatoms. The average molecular weight is 325 g/mol. The Labute approximate surface area is 144 Å². The van der Waals surface area contributed by atoms with E-state index in [1.807, 2.05) is 0 Å². The molecular weight excluding hydrogens is 298 g/mol. The van der Waals surface area contributed by atoms with Crippen LogP contribution in [0.25, 0.3) is 0 Å². The van der Waals surface area contributed by atoms with Gasteiger partial charge in [0.1, 0.15) is 0 Å². The summed E-state index contributed by atoms with van der Waals surface area (Å²) in [6.07, 6.45) is 3.59. The summed E-state index contributed by atoms with van der Waals surface area (Å²) < 4.78 is 0. The predicted molar refractivity (Wildman–Crippen MR) is 95.7 cm³/mol. The molecule has 1 aliphatic heterocycles. The Hall–Kier alpha value is -1.90. The molecule has 2 atom stereocenters. The quantitative estimate of drug-likeness (QED) is 0.714. The molecule has 3 nitrogen and oxygen atoms in total. The first kappa shape index (κ1) is 16.9. The monoisotopic (exact) mass is 325 g/mol. The summed E-state index contributed by atoms with van der Waals surface area (Å²) in [7, 11) is 0. The SMILES string of the molecule is CC(C)(C)c1ccc2c(c1)[C@@H](N1C(=O)C=CC1=O)C[C@H]2C(C)(C)C. The van der Waals surface area contributed by atoms with E-state index in [0.717, 1.165) is 12.0 Å². The van der Waals surface area contributed by atoms with Crippen molar-refractivity contribution < 1.29 is 9.59 Å². The molecule has 2 amide bonds. The molecule has 24 heavy (non-hydrogen) atoms. The average Bonchev–Trinajstić information content (AvgIpc) is 2.97. The number of carbonyl (C=O) groups is 2. The number of hydrogen-bond acceptors (Lipinski definition) is 2. The van der Waals surface area contributed by atoms with Gasteiger partial charge in [0.15, 0.2) is 0 Å². The molecule has 0 bridgehead atoms. The highest BCUT2D eigenvalue weighted by atomic mass is 16.2. The third-order valence-electron chi connectivity index (χ3n) is 5.35. The van der Waals surface area contributed by atoms with Crippen LogP contribution in [0.2, 0.25) is 0 Å². The van der Waals surface area contributed by atoms with Crippen molar-refractivity contribution in [2.24, 2.45) is 5.41 Å². The van der Waals surface area contributed by atoms with Crippen molar-refractivity contribution in [3.63, 3.8) is 0 Å². The van der Waals surface area contributed by atoms with Crippen LogP contribution in [0.15, 0.2) is 30.4 Å². The third-order valence-corrected chi connectivity index (χ3v) is 5.35. The summed E-state index contributed by atoms with van der Waals surface area (Å²) in [5, 5.41) is 0. The summed E-state index contributed by atoms with van der Waals surface area (Å²) in [6, 6.07) is 6.47. The molecule has 0 saturated carbocycles. The molecule has 0 fully saturated rings. The fourth-order valence-electron chi connectivity index (χ4n) is 3.91. The molecule has 0 radical (unpaired) electrons. The Balaban J connectivity index is 2.11. The number of carbonyl (C=O) groups excluding carboxylic acids is 2. The molecule has 0 unspecified atom stereocenters. The smallest absolute Gasteiger partial charge is 0.254 e. The summed E-state index contributed by atoms with van der Waals surface area (Å²) >= 11 is 0. The van der Waals surface area contributed by atoms with Crippen LogP contribution in [0, 0.1) is 5.41 Å². The summed E-state index contributed by atoms with van der Waals surface area (Å²) in [5.74, 6) is -0.0361. The number of imide groups is 1. The van der Waals surface area contributed by atoms with Gasteiger partial charge in [-0.3, -0.25) is 14.5 Å². The van der Waals surface area contributed by atoms with Gasteiger partial charge in [0, 0.05) is 12.2 Å². The molecule has 0 saturated heterocycles. The van der Waals surface area contributed by atoms with Crippen LogP contribution < -0.4 is 0 Å². The zero-order valence-corrected chi connectivity index (χ0v) is 15.5. The van der Waals surface area contributed by atoms with Gasteiger partial charge >= 0.3 is 0 Å². The maximum atomic E-state index is 12.2. The third kappa shape index (κ3) is 2.70. The number of hydrogen-bond donors (Lipinski definition) is 0. The molecular formula is C21H27NO2. The van der Waals surface area contributed by atoms with Crippen LogP contribution >= 0.6 is 0 Å². The second kappa shape index (κ2) is 5.30. The van der Waals surface area contributed by atoms with Crippen molar-refractivity contribution in [3.8, 4) is 0 Å². The van der Waals surface area contributed by atoms with E-state index in [4.69, 9.17) is 0 Å². The molecule has 2 aliphatic rings. The van der Waals surface area contributed by atoms with Gasteiger partial charge in [0.2, 0.25) is 0 Å². The van der Waals surface area contributed by atoms with Crippen LogP contribution in [0.1, 0.15) is 76.6 Å². The standard InChI is InChI=1S/C21H27NO2/c1-20(2,3)13-7-8-14-15(11-13)17(12-16(14)21(4,5)6)22-18(23)9-10-19(22)24/h7-11,16-17H,12H2,1-6H3/t16-,17+/m1/s1. The fraction of sp³-hybridized carbons (Fsp3) is 0.524. The van der Waals surface area contributed by atoms with Crippen LogP contribution in [-0.4, -0.2) is 16.7 Å². The zero-order chi connectivity index (χ0) is 17.9. The Bertz CT molecular complexity index is 713. The summed E-state index contributed by atoms with van der Waals surface area (Å²) in [5.41, 5.74) is 3.80.